The quantitative estimate of drug-likeness (QED) is 0.765. The van der Waals surface area contributed by atoms with E-state index in [-0.39, 0.29) is 5.76 Å². The van der Waals surface area contributed by atoms with Crippen LogP contribution in [0.4, 0.5) is 0 Å². The zero-order chi connectivity index (χ0) is 16.4. The third-order valence-corrected chi connectivity index (χ3v) is 3.59. The zero-order valence-electron chi connectivity index (χ0n) is 11.8. The molecule has 0 aliphatic carbocycles. The van der Waals surface area contributed by atoms with Crippen molar-refractivity contribution in [3.05, 3.63) is 70.9 Å². The lowest BCUT2D eigenvalue weighted by Gasteiger charge is -2.13. The van der Waals surface area contributed by atoms with Crippen molar-refractivity contribution in [2.45, 2.75) is 6.04 Å². The van der Waals surface area contributed by atoms with Gasteiger partial charge in [-0.2, -0.15) is 0 Å². The summed E-state index contributed by atoms with van der Waals surface area (Å²) < 4.78 is 5.44. The standard InChI is InChI=1S/C17H12ClNO4/c18-12-6-7-13-11(8-12)9-14(23-13)16(20)19-15(17(21)22)10-4-2-1-3-5-10/h1-9,15H,(H,19,20)(H,21,22). The zero-order valence-corrected chi connectivity index (χ0v) is 12.6. The van der Waals surface area contributed by atoms with E-state index in [1.165, 1.54) is 6.07 Å². The van der Waals surface area contributed by atoms with Gasteiger partial charge in [-0.25, -0.2) is 4.79 Å². The highest BCUT2D eigenvalue weighted by Gasteiger charge is 2.24. The van der Waals surface area contributed by atoms with Crippen LogP contribution in [0, 0.1) is 0 Å². The van der Waals surface area contributed by atoms with Gasteiger partial charge in [0, 0.05) is 10.4 Å². The van der Waals surface area contributed by atoms with E-state index in [0.29, 0.717) is 21.6 Å². The van der Waals surface area contributed by atoms with E-state index >= 15 is 0 Å². The number of rotatable bonds is 4. The van der Waals surface area contributed by atoms with Gasteiger partial charge in [-0.3, -0.25) is 4.79 Å². The molecule has 1 amide bonds. The summed E-state index contributed by atoms with van der Waals surface area (Å²) in [6.45, 7) is 0. The van der Waals surface area contributed by atoms with Gasteiger partial charge in [0.1, 0.15) is 5.58 Å². The monoisotopic (exact) mass is 329 g/mol. The highest BCUT2D eigenvalue weighted by Crippen LogP contribution is 2.23. The Bertz CT molecular complexity index is 873. The largest absolute Gasteiger partial charge is 0.479 e. The number of furan rings is 1. The van der Waals surface area contributed by atoms with Crippen molar-refractivity contribution in [2.24, 2.45) is 0 Å². The van der Waals surface area contributed by atoms with Gasteiger partial charge in [-0.05, 0) is 29.8 Å². The highest BCUT2D eigenvalue weighted by molar-refractivity contribution is 6.31. The first-order chi connectivity index (χ1) is 11.0. The third kappa shape index (κ3) is 3.19. The van der Waals surface area contributed by atoms with Gasteiger partial charge >= 0.3 is 5.97 Å². The Labute approximate surface area is 136 Å². The van der Waals surface area contributed by atoms with Crippen LogP contribution < -0.4 is 5.32 Å². The van der Waals surface area contributed by atoms with E-state index in [2.05, 4.69) is 5.32 Å². The summed E-state index contributed by atoms with van der Waals surface area (Å²) in [6, 6.07) is 13.8. The average molecular weight is 330 g/mol. The number of carbonyl (C=O) groups is 2. The number of halogens is 1. The van der Waals surface area contributed by atoms with Gasteiger partial charge in [-0.15, -0.1) is 0 Å². The molecule has 0 saturated heterocycles. The molecule has 0 radical (unpaired) electrons. The first-order valence-corrected chi connectivity index (χ1v) is 7.20. The molecule has 1 unspecified atom stereocenters. The van der Waals surface area contributed by atoms with E-state index in [9.17, 15) is 14.7 Å². The maximum absolute atomic E-state index is 12.3. The van der Waals surface area contributed by atoms with E-state index in [1.807, 2.05) is 0 Å². The summed E-state index contributed by atoms with van der Waals surface area (Å²) in [6.07, 6.45) is 0. The van der Waals surface area contributed by atoms with Crippen molar-refractivity contribution in [3.63, 3.8) is 0 Å². The van der Waals surface area contributed by atoms with E-state index in [1.54, 1.807) is 48.5 Å². The lowest BCUT2D eigenvalue weighted by molar-refractivity contribution is -0.139. The van der Waals surface area contributed by atoms with Crippen LogP contribution in [0.3, 0.4) is 0 Å². The molecule has 3 rings (SSSR count). The number of amides is 1. The fraction of sp³-hybridized carbons (Fsp3) is 0.0588. The molecule has 0 spiro atoms. The number of aliphatic carboxylic acids is 1. The lowest BCUT2D eigenvalue weighted by atomic mass is 10.1. The number of carboxylic acid groups (broad SMARTS) is 1. The topological polar surface area (TPSA) is 79.5 Å². The summed E-state index contributed by atoms with van der Waals surface area (Å²) >= 11 is 5.89. The minimum Gasteiger partial charge on any atom is -0.479 e. The van der Waals surface area contributed by atoms with E-state index < -0.39 is 17.9 Å². The summed E-state index contributed by atoms with van der Waals surface area (Å²) in [7, 11) is 0. The number of hydrogen-bond acceptors (Lipinski definition) is 3. The molecule has 5 nitrogen and oxygen atoms in total. The predicted octanol–water partition coefficient (Wildman–Crippen LogP) is 3.64. The second-order valence-corrected chi connectivity index (χ2v) is 5.38. The molecule has 1 atom stereocenters. The average Bonchev–Trinajstić information content (AvgIpc) is 2.96. The SMILES string of the molecule is O=C(NC(C(=O)O)c1ccccc1)c1cc2cc(Cl)ccc2o1. The van der Waals surface area contributed by atoms with Crippen molar-refractivity contribution in [1.82, 2.24) is 5.32 Å². The van der Waals surface area contributed by atoms with Crippen molar-refractivity contribution in [2.75, 3.05) is 0 Å². The van der Waals surface area contributed by atoms with Crippen molar-refractivity contribution in [1.29, 1.82) is 0 Å². The molecule has 1 aromatic heterocycles. The first-order valence-electron chi connectivity index (χ1n) is 6.82. The molecular formula is C17H12ClNO4. The van der Waals surface area contributed by atoms with Crippen LogP contribution in [0.15, 0.2) is 59.0 Å². The summed E-state index contributed by atoms with van der Waals surface area (Å²) in [5, 5.41) is 13.0. The maximum atomic E-state index is 12.3. The van der Waals surface area contributed by atoms with Gasteiger partial charge < -0.3 is 14.8 Å². The molecule has 1 heterocycles. The van der Waals surface area contributed by atoms with Crippen LogP contribution in [-0.4, -0.2) is 17.0 Å². The van der Waals surface area contributed by atoms with Crippen molar-refractivity contribution >= 4 is 34.4 Å². The molecule has 0 saturated carbocycles. The highest BCUT2D eigenvalue weighted by atomic mass is 35.5. The van der Waals surface area contributed by atoms with E-state index in [0.717, 1.165) is 0 Å². The maximum Gasteiger partial charge on any atom is 0.330 e. The second-order valence-electron chi connectivity index (χ2n) is 4.95. The Morgan fingerprint density at radius 2 is 1.83 bits per heavy atom. The number of benzene rings is 2. The number of fused-ring (bicyclic) bond motifs is 1. The minimum absolute atomic E-state index is 0.0319. The number of nitrogens with one attached hydrogen (secondary N) is 1. The minimum atomic E-state index is -1.15. The molecular weight excluding hydrogens is 318 g/mol. The Morgan fingerprint density at radius 1 is 1.09 bits per heavy atom. The Hall–Kier alpha value is -2.79. The molecule has 0 aliphatic rings. The third-order valence-electron chi connectivity index (χ3n) is 3.36. The van der Waals surface area contributed by atoms with Crippen LogP contribution in [0.2, 0.25) is 5.02 Å². The lowest BCUT2D eigenvalue weighted by Crippen LogP contribution is -2.33. The van der Waals surface area contributed by atoms with Gasteiger partial charge in [0.05, 0.1) is 0 Å². The summed E-state index contributed by atoms with van der Waals surface area (Å²) in [5.41, 5.74) is 0.985. The van der Waals surface area contributed by atoms with Crippen LogP contribution in [0.1, 0.15) is 22.2 Å². The van der Waals surface area contributed by atoms with Gasteiger partial charge in [0.2, 0.25) is 0 Å². The van der Waals surface area contributed by atoms with Crippen LogP contribution >= 0.6 is 11.6 Å². The fourth-order valence-corrected chi connectivity index (χ4v) is 2.44. The predicted molar refractivity (Wildman–Crippen MR) is 85.5 cm³/mol. The summed E-state index contributed by atoms with van der Waals surface area (Å²) in [5.74, 6) is -1.72. The number of carbonyl (C=O) groups excluding carboxylic acids is 1. The second kappa shape index (κ2) is 6.14. The molecule has 23 heavy (non-hydrogen) atoms. The smallest absolute Gasteiger partial charge is 0.330 e. The first kappa shape index (κ1) is 15.1. The molecule has 0 fully saturated rings. The van der Waals surface area contributed by atoms with Crippen molar-refractivity contribution < 1.29 is 19.1 Å². The fourth-order valence-electron chi connectivity index (χ4n) is 2.26. The number of carboxylic acids is 1. The molecule has 3 aromatic rings. The van der Waals surface area contributed by atoms with Gasteiger partial charge in [0.25, 0.3) is 5.91 Å². The molecule has 6 heteroatoms. The van der Waals surface area contributed by atoms with E-state index in [4.69, 9.17) is 16.0 Å². The van der Waals surface area contributed by atoms with Crippen LogP contribution in [-0.2, 0) is 4.79 Å². The number of hydrogen-bond donors (Lipinski definition) is 2. The van der Waals surface area contributed by atoms with Crippen LogP contribution in [0.25, 0.3) is 11.0 Å². The molecule has 0 aliphatic heterocycles. The van der Waals surface area contributed by atoms with Gasteiger partial charge in [0.15, 0.2) is 11.8 Å². The molecule has 2 aromatic carbocycles. The molecule has 116 valence electrons. The molecule has 0 bridgehead atoms. The van der Waals surface area contributed by atoms with Crippen molar-refractivity contribution in [3.8, 4) is 0 Å². The normalized spacial score (nSPS) is 12.0. The Kier molecular flexibility index (Phi) is 4.04. The summed E-state index contributed by atoms with van der Waals surface area (Å²) in [4.78, 5) is 23.7. The van der Waals surface area contributed by atoms with Crippen LogP contribution in [0.5, 0.6) is 0 Å². The Morgan fingerprint density at radius 3 is 2.52 bits per heavy atom. The molecule has 2 N–H and O–H groups in total. The van der Waals surface area contributed by atoms with Gasteiger partial charge in [-0.1, -0.05) is 41.9 Å². The Balaban J connectivity index is 1.87.